The maximum atomic E-state index is 12.4. The number of rotatable bonds is 6. The SMILES string of the molecule is Cc1nn(C)c2sc(C(=O)NCC(Cc3ccccc3)C(=O)O)cc12. The van der Waals surface area contributed by atoms with Crippen LogP contribution in [0, 0.1) is 12.8 Å². The van der Waals surface area contributed by atoms with Gasteiger partial charge < -0.3 is 10.4 Å². The number of amides is 1. The van der Waals surface area contributed by atoms with Crippen LogP contribution in [0.5, 0.6) is 0 Å². The minimum absolute atomic E-state index is 0.0918. The molecule has 0 bridgehead atoms. The first-order chi connectivity index (χ1) is 12.0. The van der Waals surface area contributed by atoms with Crippen LogP contribution in [0.1, 0.15) is 20.9 Å². The van der Waals surface area contributed by atoms with E-state index in [1.807, 2.05) is 50.4 Å². The van der Waals surface area contributed by atoms with Gasteiger partial charge in [0.25, 0.3) is 5.91 Å². The molecule has 0 spiro atoms. The van der Waals surface area contributed by atoms with Gasteiger partial charge >= 0.3 is 5.97 Å². The van der Waals surface area contributed by atoms with Crippen molar-refractivity contribution in [3.8, 4) is 0 Å². The Kier molecular flexibility index (Phi) is 4.85. The monoisotopic (exact) mass is 357 g/mol. The second-order valence-electron chi connectivity index (χ2n) is 5.97. The van der Waals surface area contributed by atoms with Gasteiger partial charge in [0.2, 0.25) is 0 Å². The van der Waals surface area contributed by atoms with Gasteiger partial charge in [-0.05, 0) is 25.0 Å². The summed E-state index contributed by atoms with van der Waals surface area (Å²) in [6.45, 7) is 1.99. The number of aliphatic carboxylic acids is 1. The first kappa shape index (κ1) is 17.2. The molecule has 3 aromatic rings. The highest BCUT2D eigenvalue weighted by Gasteiger charge is 2.21. The van der Waals surface area contributed by atoms with Crippen LogP contribution in [-0.2, 0) is 18.3 Å². The average molecular weight is 357 g/mol. The third kappa shape index (κ3) is 3.71. The third-order valence-corrected chi connectivity index (χ3v) is 5.30. The largest absolute Gasteiger partial charge is 0.481 e. The minimum Gasteiger partial charge on any atom is -0.481 e. The van der Waals surface area contributed by atoms with E-state index in [0.717, 1.165) is 21.5 Å². The molecule has 0 fully saturated rings. The number of hydrogen-bond donors (Lipinski definition) is 2. The second kappa shape index (κ2) is 7.06. The molecular formula is C18H19N3O3S. The molecule has 2 heterocycles. The fourth-order valence-corrected chi connectivity index (χ4v) is 3.81. The molecule has 7 heteroatoms. The van der Waals surface area contributed by atoms with Gasteiger partial charge in [-0.1, -0.05) is 30.3 Å². The van der Waals surface area contributed by atoms with Gasteiger partial charge in [-0.3, -0.25) is 14.3 Å². The molecule has 2 N–H and O–H groups in total. The highest BCUT2D eigenvalue weighted by atomic mass is 32.1. The van der Waals surface area contributed by atoms with E-state index in [-0.39, 0.29) is 12.5 Å². The Hall–Kier alpha value is -2.67. The number of nitrogens with one attached hydrogen (secondary N) is 1. The van der Waals surface area contributed by atoms with E-state index in [0.29, 0.717) is 11.3 Å². The molecule has 0 saturated heterocycles. The number of aromatic nitrogens is 2. The zero-order valence-corrected chi connectivity index (χ0v) is 14.8. The van der Waals surface area contributed by atoms with Crippen LogP contribution in [0.4, 0.5) is 0 Å². The van der Waals surface area contributed by atoms with Crippen molar-refractivity contribution >= 4 is 33.4 Å². The fraction of sp³-hybridized carbons (Fsp3) is 0.278. The molecule has 0 aliphatic rings. The highest BCUT2D eigenvalue weighted by Crippen LogP contribution is 2.27. The first-order valence-electron chi connectivity index (χ1n) is 7.93. The first-order valence-corrected chi connectivity index (χ1v) is 8.75. The lowest BCUT2D eigenvalue weighted by molar-refractivity contribution is -0.141. The molecule has 1 atom stereocenters. The number of nitrogens with zero attached hydrogens (tertiary/aromatic N) is 2. The molecule has 2 aromatic heterocycles. The highest BCUT2D eigenvalue weighted by molar-refractivity contribution is 7.20. The number of fused-ring (bicyclic) bond motifs is 1. The Balaban J connectivity index is 1.68. The van der Waals surface area contributed by atoms with Crippen molar-refractivity contribution in [3.63, 3.8) is 0 Å². The summed E-state index contributed by atoms with van der Waals surface area (Å²) in [7, 11) is 1.84. The lowest BCUT2D eigenvalue weighted by Crippen LogP contribution is -2.33. The van der Waals surface area contributed by atoms with E-state index in [1.54, 1.807) is 4.68 Å². The number of hydrogen-bond acceptors (Lipinski definition) is 4. The number of carbonyl (C=O) groups is 2. The smallest absolute Gasteiger partial charge is 0.308 e. The van der Waals surface area contributed by atoms with Crippen LogP contribution in [-0.4, -0.2) is 33.3 Å². The topological polar surface area (TPSA) is 84.2 Å². The number of thiophene rings is 1. The fourth-order valence-electron chi connectivity index (χ4n) is 2.77. The quantitative estimate of drug-likeness (QED) is 0.710. The standard InChI is InChI=1S/C18H19N3O3S/c1-11-14-9-15(25-17(14)21(2)20-11)16(22)19-10-13(18(23)24)8-12-6-4-3-5-7-12/h3-7,9,13H,8,10H2,1-2H3,(H,19,22)(H,23,24). The van der Waals surface area contributed by atoms with Crippen molar-refractivity contribution in [2.75, 3.05) is 6.54 Å². The normalized spacial score (nSPS) is 12.2. The Labute approximate surface area is 149 Å². The van der Waals surface area contributed by atoms with Crippen LogP contribution in [0.2, 0.25) is 0 Å². The molecule has 25 heavy (non-hydrogen) atoms. The van der Waals surface area contributed by atoms with Crippen molar-refractivity contribution in [1.82, 2.24) is 15.1 Å². The summed E-state index contributed by atoms with van der Waals surface area (Å²) in [5.74, 6) is -1.83. The number of carbonyl (C=O) groups excluding carboxylic acids is 1. The van der Waals surface area contributed by atoms with Crippen molar-refractivity contribution in [3.05, 3.63) is 52.5 Å². The van der Waals surface area contributed by atoms with Crippen molar-refractivity contribution in [1.29, 1.82) is 0 Å². The summed E-state index contributed by atoms with van der Waals surface area (Å²) < 4.78 is 1.75. The second-order valence-corrected chi connectivity index (χ2v) is 7.00. The lowest BCUT2D eigenvalue weighted by atomic mass is 9.99. The third-order valence-electron chi connectivity index (χ3n) is 4.10. The number of aryl methyl sites for hydroxylation is 2. The van der Waals surface area contributed by atoms with E-state index < -0.39 is 11.9 Å². The molecule has 0 saturated carbocycles. The van der Waals surface area contributed by atoms with Crippen molar-refractivity contribution < 1.29 is 14.7 Å². The van der Waals surface area contributed by atoms with Gasteiger partial charge in [0.1, 0.15) is 4.83 Å². The number of benzene rings is 1. The van der Waals surface area contributed by atoms with Crippen LogP contribution in [0.15, 0.2) is 36.4 Å². The Morgan fingerprint density at radius 1 is 1.32 bits per heavy atom. The summed E-state index contributed by atoms with van der Waals surface area (Å²) in [6, 6.07) is 11.2. The van der Waals surface area contributed by atoms with Gasteiger partial charge in [0.15, 0.2) is 0 Å². The molecular weight excluding hydrogens is 338 g/mol. The average Bonchev–Trinajstić information content (AvgIpc) is 3.14. The van der Waals surface area contributed by atoms with Crippen LogP contribution < -0.4 is 5.32 Å². The molecule has 130 valence electrons. The molecule has 1 unspecified atom stereocenters. The summed E-state index contributed by atoms with van der Waals surface area (Å²) in [6.07, 6.45) is 0.381. The Morgan fingerprint density at radius 2 is 2.04 bits per heavy atom. The predicted octanol–water partition coefficient (Wildman–Crippen LogP) is 2.62. The predicted molar refractivity (Wildman–Crippen MR) is 96.9 cm³/mol. The van der Waals surface area contributed by atoms with Crippen LogP contribution in [0.25, 0.3) is 10.2 Å². The van der Waals surface area contributed by atoms with Gasteiger partial charge in [0.05, 0.1) is 16.5 Å². The Bertz CT molecular complexity index is 880. The van der Waals surface area contributed by atoms with Crippen LogP contribution >= 0.6 is 11.3 Å². The summed E-state index contributed by atoms with van der Waals surface area (Å²) in [5, 5.41) is 17.4. The molecule has 1 amide bonds. The van der Waals surface area contributed by atoms with E-state index in [4.69, 9.17) is 0 Å². The molecule has 3 rings (SSSR count). The summed E-state index contributed by atoms with van der Waals surface area (Å²) in [5.41, 5.74) is 1.81. The maximum absolute atomic E-state index is 12.4. The van der Waals surface area contributed by atoms with Gasteiger partial charge in [0, 0.05) is 19.0 Å². The van der Waals surface area contributed by atoms with Crippen molar-refractivity contribution in [2.24, 2.45) is 13.0 Å². The summed E-state index contributed by atoms with van der Waals surface area (Å²) in [4.78, 5) is 25.4. The molecule has 1 aromatic carbocycles. The zero-order chi connectivity index (χ0) is 18.0. The van der Waals surface area contributed by atoms with Crippen molar-refractivity contribution in [2.45, 2.75) is 13.3 Å². The molecule has 6 nitrogen and oxygen atoms in total. The van der Waals surface area contributed by atoms with Crippen LogP contribution in [0.3, 0.4) is 0 Å². The van der Waals surface area contributed by atoms with E-state index in [1.165, 1.54) is 11.3 Å². The molecule has 0 aliphatic carbocycles. The minimum atomic E-state index is -0.916. The number of carboxylic acids is 1. The Morgan fingerprint density at radius 3 is 2.68 bits per heavy atom. The van der Waals surface area contributed by atoms with Gasteiger partial charge in [-0.2, -0.15) is 5.10 Å². The van der Waals surface area contributed by atoms with E-state index in [2.05, 4.69) is 10.4 Å². The van der Waals surface area contributed by atoms with Gasteiger partial charge in [-0.15, -0.1) is 11.3 Å². The van der Waals surface area contributed by atoms with E-state index in [9.17, 15) is 14.7 Å². The maximum Gasteiger partial charge on any atom is 0.308 e. The molecule has 0 aliphatic heterocycles. The van der Waals surface area contributed by atoms with E-state index >= 15 is 0 Å². The number of carboxylic acid groups (broad SMARTS) is 1. The zero-order valence-electron chi connectivity index (χ0n) is 14.0. The summed E-state index contributed by atoms with van der Waals surface area (Å²) >= 11 is 1.36. The lowest BCUT2D eigenvalue weighted by Gasteiger charge is -2.13. The molecule has 0 radical (unpaired) electrons. The van der Waals surface area contributed by atoms with Gasteiger partial charge in [-0.25, -0.2) is 0 Å².